The monoisotopic (exact) mass is 298 g/mol. The second-order valence-corrected chi connectivity index (χ2v) is 5.55. The number of hydrogen-bond donors (Lipinski definition) is 0. The van der Waals surface area contributed by atoms with E-state index in [1.54, 1.807) is 20.8 Å². The lowest BCUT2D eigenvalue weighted by Crippen LogP contribution is -2.57. The van der Waals surface area contributed by atoms with Crippen LogP contribution in [0.2, 0.25) is 0 Å². The van der Waals surface area contributed by atoms with E-state index in [1.165, 1.54) is 14.2 Å². The van der Waals surface area contributed by atoms with Crippen LogP contribution in [0.4, 0.5) is 0 Å². The first-order chi connectivity index (χ1) is 9.07. The maximum atomic E-state index is 5.69. The Kier molecular flexibility index (Phi) is 9.75. The highest BCUT2D eigenvalue weighted by atomic mass is 28.4. The first-order valence-electron chi connectivity index (χ1n) is 6.43. The van der Waals surface area contributed by atoms with Crippen molar-refractivity contribution in [1.29, 1.82) is 0 Å². The van der Waals surface area contributed by atoms with Gasteiger partial charge >= 0.3 is 15.2 Å². The Balaban J connectivity index is 5.10. The molecule has 7 nitrogen and oxygen atoms in total. The molecule has 0 aromatic carbocycles. The molecule has 0 heterocycles. The second kappa shape index (κ2) is 9.78. The highest BCUT2D eigenvalue weighted by Crippen LogP contribution is 2.24. The lowest BCUT2D eigenvalue weighted by Gasteiger charge is -2.36. The first kappa shape index (κ1) is 18.9. The third kappa shape index (κ3) is 5.84. The van der Waals surface area contributed by atoms with Crippen molar-refractivity contribution in [1.82, 2.24) is 0 Å². The zero-order chi connectivity index (χ0) is 14.8. The molecule has 0 aromatic rings. The van der Waals surface area contributed by atoms with E-state index in [0.29, 0.717) is 26.4 Å². The Bertz CT molecular complexity index is 206. The maximum absolute atomic E-state index is 5.69. The van der Waals surface area contributed by atoms with Crippen molar-refractivity contribution in [3.63, 3.8) is 0 Å². The highest BCUT2D eigenvalue weighted by molar-refractivity contribution is 6.53. The molecule has 0 radical (unpaired) electrons. The molecule has 0 saturated heterocycles. The average molecular weight is 298 g/mol. The van der Waals surface area contributed by atoms with Gasteiger partial charge in [-0.05, 0) is 27.7 Å². The summed E-state index contributed by atoms with van der Waals surface area (Å²) >= 11 is 0. The standard InChI is InChI=1S/C11H26O7Si/c1-7-14-11(15-8-2,16-9-3)18-19(12-5,13-6)17-10-4/h7-10H2,1-6H3. The van der Waals surface area contributed by atoms with Gasteiger partial charge in [-0.3, -0.25) is 4.43 Å². The fourth-order valence-electron chi connectivity index (χ4n) is 1.39. The number of ether oxygens (including phenoxy) is 3. The Morgan fingerprint density at radius 1 is 0.737 bits per heavy atom. The molecule has 116 valence electrons. The summed E-state index contributed by atoms with van der Waals surface area (Å²) in [5.74, 6) is 0. The average Bonchev–Trinajstić information content (AvgIpc) is 2.39. The Hall–Kier alpha value is -0.0631. The molecule has 0 aliphatic carbocycles. The Morgan fingerprint density at radius 2 is 1.16 bits per heavy atom. The summed E-state index contributed by atoms with van der Waals surface area (Å²) in [6.07, 6.45) is -1.67. The van der Waals surface area contributed by atoms with Gasteiger partial charge in [0.05, 0.1) is 19.8 Å². The van der Waals surface area contributed by atoms with E-state index < -0.39 is 15.2 Å². The lowest BCUT2D eigenvalue weighted by molar-refractivity contribution is -0.482. The summed E-state index contributed by atoms with van der Waals surface area (Å²) in [7, 11) is -0.477. The van der Waals surface area contributed by atoms with Gasteiger partial charge in [0.15, 0.2) is 0 Å². The number of hydrogen-bond acceptors (Lipinski definition) is 7. The predicted molar refractivity (Wildman–Crippen MR) is 70.1 cm³/mol. The zero-order valence-electron chi connectivity index (χ0n) is 12.7. The maximum Gasteiger partial charge on any atom is 0.685 e. The summed E-state index contributed by atoms with van der Waals surface area (Å²) < 4.78 is 38.0. The third-order valence-electron chi connectivity index (χ3n) is 2.03. The van der Waals surface area contributed by atoms with Crippen LogP contribution in [-0.2, 0) is 31.9 Å². The van der Waals surface area contributed by atoms with Gasteiger partial charge in [-0.2, -0.15) is 0 Å². The van der Waals surface area contributed by atoms with E-state index in [1.807, 2.05) is 6.92 Å². The van der Waals surface area contributed by atoms with E-state index >= 15 is 0 Å². The quantitative estimate of drug-likeness (QED) is 0.399. The molecule has 0 atom stereocenters. The zero-order valence-corrected chi connectivity index (χ0v) is 13.7. The summed E-state index contributed by atoms with van der Waals surface area (Å²) in [6.45, 7) is 8.61. The van der Waals surface area contributed by atoms with Crippen LogP contribution in [0.25, 0.3) is 0 Å². The molecule has 19 heavy (non-hydrogen) atoms. The van der Waals surface area contributed by atoms with E-state index in [2.05, 4.69) is 0 Å². The molecule has 0 spiro atoms. The molecule has 0 unspecified atom stereocenters. The summed E-state index contributed by atoms with van der Waals surface area (Å²) in [6, 6.07) is 0. The van der Waals surface area contributed by atoms with Gasteiger partial charge in [-0.1, -0.05) is 0 Å². The van der Waals surface area contributed by atoms with Gasteiger partial charge in [0.2, 0.25) is 0 Å². The predicted octanol–water partition coefficient (Wildman–Crippen LogP) is 1.49. The smallest absolute Gasteiger partial charge is 0.354 e. The van der Waals surface area contributed by atoms with Gasteiger partial charge in [0.25, 0.3) is 0 Å². The van der Waals surface area contributed by atoms with Crippen molar-refractivity contribution in [2.24, 2.45) is 0 Å². The van der Waals surface area contributed by atoms with Gasteiger partial charge in [0.1, 0.15) is 0 Å². The fraction of sp³-hybridized carbons (Fsp3) is 1.00. The Labute approximate surface area is 116 Å². The first-order valence-corrected chi connectivity index (χ1v) is 8.07. The van der Waals surface area contributed by atoms with Crippen LogP contribution in [0.5, 0.6) is 0 Å². The van der Waals surface area contributed by atoms with Crippen molar-refractivity contribution in [2.45, 2.75) is 33.9 Å². The SMILES string of the molecule is CCOC(OCC)(OCC)O[Si](OC)(OC)OCC. The summed E-state index contributed by atoms with van der Waals surface area (Å²) in [5.41, 5.74) is 0. The van der Waals surface area contributed by atoms with Crippen LogP contribution in [-0.4, -0.2) is 55.9 Å². The van der Waals surface area contributed by atoms with Gasteiger partial charge in [-0.25, -0.2) is 0 Å². The molecule has 0 saturated carbocycles. The molecule has 0 rings (SSSR count). The number of rotatable bonds is 12. The molecule has 0 N–H and O–H groups in total. The van der Waals surface area contributed by atoms with Crippen LogP contribution in [0, 0.1) is 0 Å². The van der Waals surface area contributed by atoms with E-state index in [-0.39, 0.29) is 0 Å². The largest absolute Gasteiger partial charge is 0.685 e. The highest BCUT2D eigenvalue weighted by Gasteiger charge is 2.53. The molecule has 0 aromatic heterocycles. The lowest BCUT2D eigenvalue weighted by atomic mass is 10.8. The Morgan fingerprint density at radius 3 is 1.42 bits per heavy atom. The molecule has 8 heteroatoms. The third-order valence-corrected chi connectivity index (χ3v) is 4.18. The molecule has 0 aliphatic rings. The molecular formula is C11H26O7Si. The molecular weight excluding hydrogens is 272 g/mol. The van der Waals surface area contributed by atoms with E-state index in [4.69, 9.17) is 31.9 Å². The molecule has 0 bridgehead atoms. The van der Waals surface area contributed by atoms with E-state index in [9.17, 15) is 0 Å². The van der Waals surface area contributed by atoms with Gasteiger partial charge in [0, 0.05) is 20.8 Å². The van der Waals surface area contributed by atoms with Crippen molar-refractivity contribution in [2.75, 3.05) is 40.6 Å². The van der Waals surface area contributed by atoms with Crippen molar-refractivity contribution >= 4 is 9.05 Å². The van der Waals surface area contributed by atoms with Crippen molar-refractivity contribution in [3.05, 3.63) is 0 Å². The van der Waals surface area contributed by atoms with Crippen LogP contribution >= 0.6 is 0 Å². The van der Waals surface area contributed by atoms with Gasteiger partial charge < -0.3 is 27.5 Å². The summed E-state index contributed by atoms with van der Waals surface area (Å²) in [5, 5.41) is 0. The second-order valence-electron chi connectivity index (χ2n) is 3.24. The molecule has 0 amide bonds. The van der Waals surface area contributed by atoms with Crippen LogP contribution < -0.4 is 0 Å². The summed E-state index contributed by atoms with van der Waals surface area (Å²) in [4.78, 5) is 0. The minimum atomic E-state index is -3.37. The van der Waals surface area contributed by atoms with Crippen LogP contribution in [0.15, 0.2) is 0 Å². The van der Waals surface area contributed by atoms with Crippen LogP contribution in [0.1, 0.15) is 27.7 Å². The molecule has 0 aliphatic heterocycles. The van der Waals surface area contributed by atoms with E-state index in [0.717, 1.165) is 0 Å². The minimum absolute atomic E-state index is 0.337. The normalized spacial score (nSPS) is 12.9. The fourth-order valence-corrected chi connectivity index (χ4v) is 2.85. The minimum Gasteiger partial charge on any atom is -0.354 e. The topological polar surface area (TPSA) is 64.6 Å². The van der Waals surface area contributed by atoms with Crippen LogP contribution in [0.3, 0.4) is 0 Å². The van der Waals surface area contributed by atoms with Gasteiger partial charge in [-0.15, -0.1) is 0 Å². The van der Waals surface area contributed by atoms with Crippen molar-refractivity contribution < 1.29 is 31.9 Å². The van der Waals surface area contributed by atoms with Crippen molar-refractivity contribution in [3.8, 4) is 0 Å². The molecule has 0 fully saturated rings.